The molecule has 1 N–H and O–H groups in total. The highest BCUT2D eigenvalue weighted by Gasteiger charge is 2.09. The quantitative estimate of drug-likeness (QED) is 0.836. The fraction of sp³-hybridized carbons (Fsp3) is 0.462. The number of rotatable bonds is 7. The first kappa shape index (κ1) is 13.3. The Labute approximate surface area is 112 Å². The number of nitrogens with one attached hydrogen (secondary N) is 1. The van der Waals surface area contributed by atoms with E-state index in [4.69, 9.17) is 4.74 Å². The van der Waals surface area contributed by atoms with Gasteiger partial charge in [-0.25, -0.2) is 0 Å². The van der Waals surface area contributed by atoms with Crippen molar-refractivity contribution >= 4 is 11.3 Å². The maximum Gasteiger partial charge on any atom is 0.0765 e. The number of nitrogens with zero attached hydrogens (tertiary/aromatic N) is 2. The Morgan fingerprint density at radius 1 is 1.44 bits per heavy atom. The van der Waals surface area contributed by atoms with Crippen LogP contribution in [0.5, 0.6) is 0 Å². The molecule has 2 aromatic rings. The average Bonchev–Trinajstić information content (AvgIpc) is 2.98. The van der Waals surface area contributed by atoms with E-state index in [9.17, 15) is 0 Å². The van der Waals surface area contributed by atoms with Crippen LogP contribution in [-0.4, -0.2) is 35.4 Å². The standard InChI is InChI=1S/C13H19N3OS/c1-11-8-12(15-14-11)9-16(5-6-17-2)10-13-4-3-7-18-13/h3-4,7-8H,5-6,9-10H2,1-2H3,(H,14,15). The molecule has 2 rings (SSSR count). The van der Waals surface area contributed by atoms with Crippen molar-refractivity contribution in [2.75, 3.05) is 20.3 Å². The number of H-pyrrole nitrogens is 1. The van der Waals surface area contributed by atoms with Crippen LogP contribution in [0.3, 0.4) is 0 Å². The minimum absolute atomic E-state index is 0.745. The monoisotopic (exact) mass is 265 g/mol. The molecule has 0 bridgehead atoms. The molecular formula is C13H19N3OS. The summed E-state index contributed by atoms with van der Waals surface area (Å²) in [6.45, 7) is 5.49. The molecule has 0 saturated carbocycles. The molecule has 4 nitrogen and oxygen atoms in total. The van der Waals surface area contributed by atoms with Crippen LogP contribution in [-0.2, 0) is 17.8 Å². The Kier molecular flexibility index (Phi) is 4.92. The third-order valence-corrected chi connectivity index (χ3v) is 3.58. The molecule has 0 aromatic carbocycles. The van der Waals surface area contributed by atoms with E-state index in [1.165, 1.54) is 4.88 Å². The predicted molar refractivity (Wildman–Crippen MR) is 73.6 cm³/mol. The Bertz CT molecular complexity index is 453. The van der Waals surface area contributed by atoms with Gasteiger partial charge in [-0.3, -0.25) is 10.00 Å². The van der Waals surface area contributed by atoms with Crippen LogP contribution in [0.25, 0.3) is 0 Å². The highest BCUT2D eigenvalue weighted by molar-refractivity contribution is 7.09. The average molecular weight is 265 g/mol. The second kappa shape index (κ2) is 6.68. The zero-order valence-corrected chi connectivity index (χ0v) is 11.7. The lowest BCUT2D eigenvalue weighted by molar-refractivity contribution is 0.140. The molecule has 0 unspecified atom stereocenters. The molecule has 0 aliphatic rings. The summed E-state index contributed by atoms with van der Waals surface area (Å²) in [7, 11) is 1.74. The normalized spacial score (nSPS) is 11.3. The Morgan fingerprint density at radius 3 is 2.94 bits per heavy atom. The van der Waals surface area contributed by atoms with Gasteiger partial charge in [0.2, 0.25) is 0 Å². The van der Waals surface area contributed by atoms with Gasteiger partial charge in [0.05, 0.1) is 12.3 Å². The smallest absolute Gasteiger partial charge is 0.0765 e. The first-order valence-electron chi connectivity index (χ1n) is 6.02. The van der Waals surface area contributed by atoms with E-state index in [0.717, 1.165) is 37.6 Å². The van der Waals surface area contributed by atoms with Crippen LogP contribution in [0.2, 0.25) is 0 Å². The van der Waals surface area contributed by atoms with Crippen LogP contribution in [0.1, 0.15) is 16.3 Å². The number of aromatic amines is 1. The van der Waals surface area contributed by atoms with Crippen LogP contribution in [0, 0.1) is 6.92 Å². The lowest BCUT2D eigenvalue weighted by Gasteiger charge is -2.20. The second-order valence-electron chi connectivity index (χ2n) is 4.33. The number of thiophene rings is 1. The van der Waals surface area contributed by atoms with E-state index in [0.29, 0.717) is 0 Å². The molecule has 2 aromatic heterocycles. The molecule has 0 aliphatic carbocycles. The maximum atomic E-state index is 5.17. The van der Waals surface area contributed by atoms with Gasteiger partial charge < -0.3 is 4.74 Å². The van der Waals surface area contributed by atoms with Crippen molar-refractivity contribution in [1.29, 1.82) is 0 Å². The van der Waals surface area contributed by atoms with Crippen molar-refractivity contribution in [2.45, 2.75) is 20.0 Å². The number of methoxy groups -OCH3 is 1. The van der Waals surface area contributed by atoms with Crippen molar-refractivity contribution in [3.05, 3.63) is 39.8 Å². The van der Waals surface area contributed by atoms with Gasteiger partial charge in [-0.15, -0.1) is 11.3 Å². The first-order valence-corrected chi connectivity index (χ1v) is 6.90. The zero-order chi connectivity index (χ0) is 12.8. The largest absolute Gasteiger partial charge is 0.383 e. The molecule has 5 heteroatoms. The van der Waals surface area contributed by atoms with Crippen LogP contribution >= 0.6 is 11.3 Å². The summed E-state index contributed by atoms with van der Waals surface area (Å²) >= 11 is 1.79. The number of ether oxygens (including phenoxy) is 1. The predicted octanol–water partition coefficient (Wildman–Crippen LogP) is 2.43. The molecule has 98 valence electrons. The fourth-order valence-electron chi connectivity index (χ4n) is 1.84. The van der Waals surface area contributed by atoms with Gasteiger partial charge in [0.1, 0.15) is 0 Å². The van der Waals surface area contributed by atoms with Crippen molar-refractivity contribution in [3.8, 4) is 0 Å². The lowest BCUT2D eigenvalue weighted by atomic mass is 10.3. The van der Waals surface area contributed by atoms with E-state index in [1.54, 1.807) is 18.4 Å². The molecular weight excluding hydrogens is 246 g/mol. The van der Waals surface area contributed by atoms with Crippen LogP contribution < -0.4 is 0 Å². The van der Waals surface area contributed by atoms with Gasteiger partial charge in [0, 0.05) is 37.3 Å². The summed E-state index contributed by atoms with van der Waals surface area (Å²) < 4.78 is 5.17. The summed E-state index contributed by atoms with van der Waals surface area (Å²) in [6.07, 6.45) is 0. The minimum atomic E-state index is 0.745. The number of aromatic nitrogens is 2. The zero-order valence-electron chi connectivity index (χ0n) is 10.8. The van der Waals surface area contributed by atoms with E-state index in [2.05, 4.69) is 38.7 Å². The molecule has 0 radical (unpaired) electrons. The van der Waals surface area contributed by atoms with E-state index < -0.39 is 0 Å². The maximum absolute atomic E-state index is 5.17. The SMILES string of the molecule is COCCN(Cc1cc(C)[nH]n1)Cc1cccs1. The van der Waals surface area contributed by atoms with Crippen molar-refractivity contribution in [2.24, 2.45) is 0 Å². The summed E-state index contributed by atoms with van der Waals surface area (Å²) in [5, 5.41) is 9.39. The van der Waals surface area contributed by atoms with Gasteiger partial charge in [0.15, 0.2) is 0 Å². The highest BCUT2D eigenvalue weighted by atomic mass is 32.1. The van der Waals surface area contributed by atoms with Gasteiger partial charge >= 0.3 is 0 Å². The van der Waals surface area contributed by atoms with Gasteiger partial charge in [-0.1, -0.05) is 6.07 Å². The van der Waals surface area contributed by atoms with E-state index >= 15 is 0 Å². The topological polar surface area (TPSA) is 41.1 Å². The number of hydrogen-bond donors (Lipinski definition) is 1. The molecule has 0 fully saturated rings. The van der Waals surface area contributed by atoms with Crippen molar-refractivity contribution in [3.63, 3.8) is 0 Å². The number of hydrogen-bond acceptors (Lipinski definition) is 4. The summed E-state index contributed by atoms with van der Waals surface area (Å²) in [4.78, 5) is 3.73. The first-order chi connectivity index (χ1) is 8.78. The van der Waals surface area contributed by atoms with Gasteiger partial charge in [-0.2, -0.15) is 5.10 Å². The lowest BCUT2D eigenvalue weighted by Crippen LogP contribution is -2.26. The molecule has 0 saturated heterocycles. The third kappa shape index (κ3) is 3.94. The molecule has 0 aliphatic heterocycles. The van der Waals surface area contributed by atoms with Crippen LogP contribution in [0.4, 0.5) is 0 Å². The van der Waals surface area contributed by atoms with Gasteiger partial charge in [-0.05, 0) is 24.4 Å². The highest BCUT2D eigenvalue weighted by Crippen LogP contribution is 2.13. The molecule has 0 atom stereocenters. The van der Waals surface area contributed by atoms with Gasteiger partial charge in [0.25, 0.3) is 0 Å². The van der Waals surface area contributed by atoms with E-state index in [1.807, 2.05) is 6.92 Å². The second-order valence-corrected chi connectivity index (χ2v) is 5.36. The Morgan fingerprint density at radius 2 is 2.33 bits per heavy atom. The molecule has 18 heavy (non-hydrogen) atoms. The Hall–Kier alpha value is -1.17. The Balaban J connectivity index is 1.95. The molecule has 0 amide bonds. The summed E-state index contributed by atoms with van der Waals surface area (Å²) in [6, 6.07) is 6.35. The van der Waals surface area contributed by atoms with Crippen molar-refractivity contribution < 1.29 is 4.74 Å². The molecule has 0 spiro atoms. The van der Waals surface area contributed by atoms with Crippen LogP contribution in [0.15, 0.2) is 23.6 Å². The third-order valence-electron chi connectivity index (χ3n) is 2.72. The summed E-state index contributed by atoms with van der Waals surface area (Å²) in [5.41, 5.74) is 2.19. The van der Waals surface area contributed by atoms with E-state index in [-0.39, 0.29) is 0 Å². The fourth-order valence-corrected chi connectivity index (χ4v) is 2.59. The molecule has 2 heterocycles. The number of aryl methyl sites for hydroxylation is 1. The summed E-state index contributed by atoms with van der Waals surface area (Å²) in [5.74, 6) is 0. The van der Waals surface area contributed by atoms with Crippen molar-refractivity contribution in [1.82, 2.24) is 15.1 Å². The minimum Gasteiger partial charge on any atom is -0.383 e.